The summed E-state index contributed by atoms with van der Waals surface area (Å²) in [6.07, 6.45) is 0. The molecule has 1 aromatic heterocycles. The molecule has 0 spiro atoms. The first-order chi connectivity index (χ1) is 6.13. The van der Waals surface area contributed by atoms with Crippen LogP contribution in [0.15, 0.2) is 17.1 Å². The first kappa shape index (κ1) is 10.0. The van der Waals surface area contributed by atoms with E-state index in [1.807, 2.05) is 6.92 Å². The molecule has 0 saturated carbocycles. The van der Waals surface area contributed by atoms with Crippen molar-refractivity contribution < 1.29 is 0 Å². The average molecular weight is 198 g/mol. The first-order valence-corrected chi connectivity index (χ1v) is 4.81. The van der Waals surface area contributed by atoms with Crippen LogP contribution in [0.3, 0.4) is 0 Å². The molecule has 0 aliphatic heterocycles. The summed E-state index contributed by atoms with van der Waals surface area (Å²) < 4.78 is 0. The summed E-state index contributed by atoms with van der Waals surface area (Å²) in [6.45, 7) is 4.05. The van der Waals surface area contributed by atoms with Gasteiger partial charge in [0.2, 0.25) is 5.96 Å². The predicted molar refractivity (Wildman–Crippen MR) is 56.4 cm³/mol. The zero-order chi connectivity index (χ0) is 9.84. The Morgan fingerprint density at radius 3 is 2.77 bits per heavy atom. The van der Waals surface area contributed by atoms with Gasteiger partial charge >= 0.3 is 0 Å². The quantitative estimate of drug-likeness (QED) is 0.286. The van der Waals surface area contributed by atoms with Crippen LogP contribution in [0.1, 0.15) is 22.7 Å². The molecule has 4 nitrogen and oxygen atoms in total. The number of aliphatic imine (C=N–C) groups is 1. The lowest BCUT2D eigenvalue weighted by Crippen LogP contribution is -2.37. The summed E-state index contributed by atoms with van der Waals surface area (Å²) in [5, 5.41) is 0. The Kier molecular flexibility index (Phi) is 3.27. The van der Waals surface area contributed by atoms with Crippen LogP contribution in [0.25, 0.3) is 0 Å². The Morgan fingerprint density at radius 2 is 2.31 bits per heavy atom. The van der Waals surface area contributed by atoms with Crippen molar-refractivity contribution in [1.82, 2.24) is 5.43 Å². The number of rotatable bonds is 2. The maximum absolute atomic E-state index is 5.44. The predicted octanol–water partition coefficient (Wildman–Crippen LogP) is 0.896. The third-order valence-electron chi connectivity index (χ3n) is 1.65. The molecule has 0 amide bonds. The number of hydrazine groups is 1. The molecule has 72 valence electrons. The van der Waals surface area contributed by atoms with E-state index in [1.54, 1.807) is 11.3 Å². The van der Waals surface area contributed by atoms with Gasteiger partial charge in [0.25, 0.3) is 0 Å². The third kappa shape index (κ3) is 2.71. The Morgan fingerprint density at radius 1 is 1.62 bits per heavy atom. The van der Waals surface area contributed by atoms with Crippen LogP contribution in [0.5, 0.6) is 0 Å². The van der Waals surface area contributed by atoms with E-state index >= 15 is 0 Å². The van der Waals surface area contributed by atoms with Gasteiger partial charge in [0.15, 0.2) is 0 Å². The van der Waals surface area contributed by atoms with E-state index in [9.17, 15) is 0 Å². The van der Waals surface area contributed by atoms with E-state index in [0.29, 0.717) is 0 Å². The average Bonchev–Trinajstić information content (AvgIpc) is 2.51. The number of guanidine groups is 1. The fourth-order valence-electron chi connectivity index (χ4n) is 0.987. The summed E-state index contributed by atoms with van der Waals surface area (Å²) in [6, 6.07) is 4.19. The second-order valence-electron chi connectivity index (χ2n) is 2.78. The van der Waals surface area contributed by atoms with Gasteiger partial charge in [-0.15, -0.1) is 11.3 Å². The van der Waals surface area contributed by atoms with Crippen LogP contribution in [0.4, 0.5) is 0 Å². The smallest absolute Gasteiger partial charge is 0.203 e. The summed E-state index contributed by atoms with van der Waals surface area (Å²) in [5.41, 5.74) is 7.74. The van der Waals surface area contributed by atoms with Crippen molar-refractivity contribution in [1.29, 1.82) is 0 Å². The highest BCUT2D eigenvalue weighted by Crippen LogP contribution is 2.24. The van der Waals surface area contributed by atoms with Gasteiger partial charge in [-0.05, 0) is 26.0 Å². The molecule has 0 saturated heterocycles. The molecule has 0 aliphatic rings. The molecule has 1 heterocycles. The van der Waals surface area contributed by atoms with Crippen molar-refractivity contribution in [2.45, 2.75) is 19.9 Å². The molecule has 1 rings (SSSR count). The van der Waals surface area contributed by atoms with Crippen LogP contribution < -0.4 is 17.0 Å². The van der Waals surface area contributed by atoms with Crippen LogP contribution >= 0.6 is 11.3 Å². The molecular formula is C8H14N4S. The first-order valence-electron chi connectivity index (χ1n) is 3.99. The summed E-state index contributed by atoms with van der Waals surface area (Å²) in [5.74, 6) is 5.36. The standard InChI is InChI=1S/C8H14N4S/c1-5-3-4-7(13-5)6(2)11-8(9)12-10/h3-4,6H,10H2,1-2H3,(H3,9,11,12). The van der Waals surface area contributed by atoms with Crippen molar-refractivity contribution in [3.63, 3.8) is 0 Å². The molecule has 0 aromatic carbocycles. The number of aryl methyl sites for hydroxylation is 1. The van der Waals surface area contributed by atoms with Gasteiger partial charge in [-0.25, -0.2) is 10.8 Å². The van der Waals surface area contributed by atoms with Crippen molar-refractivity contribution in [2.75, 3.05) is 0 Å². The van der Waals surface area contributed by atoms with E-state index < -0.39 is 0 Å². The molecule has 0 radical (unpaired) electrons. The fraction of sp³-hybridized carbons (Fsp3) is 0.375. The summed E-state index contributed by atoms with van der Waals surface area (Å²) >= 11 is 1.72. The van der Waals surface area contributed by atoms with Gasteiger partial charge in [-0.3, -0.25) is 5.43 Å². The summed E-state index contributed by atoms with van der Waals surface area (Å²) in [4.78, 5) is 6.61. The van der Waals surface area contributed by atoms with Gasteiger partial charge in [0.05, 0.1) is 6.04 Å². The molecule has 13 heavy (non-hydrogen) atoms. The van der Waals surface area contributed by atoms with Crippen LogP contribution in [-0.4, -0.2) is 5.96 Å². The highest BCUT2D eigenvalue weighted by atomic mass is 32.1. The minimum Gasteiger partial charge on any atom is -0.369 e. The molecule has 1 unspecified atom stereocenters. The largest absolute Gasteiger partial charge is 0.369 e. The van der Waals surface area contributed by atoms with E-state index in [4.69, 9.17) is 11.6 Å². The molecule has 5 N–H and O–H groups in total. The molecule has 5 heteroatoms. The lowest BCUT2D eigenvalue weighted by atomic mass is 10.3. The molecule has 0 bridgehead atoms. The maximum Gasteiger partial charge on any atom is 0.203 e. The highest BCUT2D eigenvalue weighted by molar-refractivity contribution is 7.12. The second-order valence-corrected chi connectivity index (χ2v) is 4.10. The Labute approximate surface area is 81.6 Å². The minimum absolute atomic E-state index is 0.0646. The normalized spacial score (nSPS) is 14.2. The number of thiophene rings is 1. The Balaban J connectivity index is 2.74. The van der Waals surface area contributed by atoms with Gasteiger partial charge in [0, 0.05) is 9.75 Å². The molecule has 1 atom stereocenters. The van der Waals surface area contributed by atoms with Crippen LogP contribution in [0, 0.1) is 6.92 Å². The number of hydrogen-bond acceptors (Lipinski definition) is 3. The number of hydrogen-bond donors (Lipinski definition) is 3. The molecule has 0 fully saturated rings. The van der Waals surface area contributed by atoms with Gasteiger partial charge in [-0.2, -0.15) is 0 Å². The van der Waals surface area contributed by atoms with Gasteiger partial charge in [0.1, 0.15) is 0 Å². The Hall–Kier alpha value is -1.07. The van der Waals surface area contributed by atoms with E-state index in [2.05, 4.69) is 29.5 Å². The van der Waals surface area contributed by atoms with Crippen molar-refractivity contribution in [3.8, 4) is 0 Å². The number of nitrogens with two attached hydrogens (primary N) is 2. The molecular weight excluding hydrogens is 184 g/mol. The molecule has 1 aromatic rings. The second kappa shape index (κ2) is 4.25. The number of nitrogens with zero attached hydrogens (tertiary/aromatic N) is 1. The van der Waals surface area contributed by atoms with E-state index in [-0.39, 0.29) is 12.0 Å². The lowest BCUT2D eigenvalue weighted by molar-refractivity contribution is 0.818. The van der Waals surface area contributed by atoms with Gasteiger partial charge < -0.3 is 5.73 Å². The van der Waals surface area contributed by atoms with E-state index in [0.717, 1.165) is 0 Å². The van der Waals surface area contributed by atoms with Crippen molar-refractivity contribution >= 4 is 17.3 Å². The van der Waals surface area contributed by atoms with Crippen LogP contribution in [0.2, 0.25) is 0 Å². The summed E-state index contributed by atoms with van der Waals surface area (Å²) in [7, 11) is 0. The minimum atomic E-state index is 0.0646. The SMILES string of the molecule is Cc1ccc(C(C)N=C(N)NN)s1. The van der Waals surface area contributed by atoms with Crippen molar-refractivity contribution in [2.24, 2.45) is 16.6 Å². The lowest BCUT2D eigenvalue weighted by Gasteiger charge is -2.04. The monoisotopic (exact) mass is 198 g/mol. The van der Waals surface area contributed by atoms with E-state index in [1.165, 1.54) is 9.75 Å². The maximum atomic E-state index is 5.44. The van der Waals surface area contributed by atoms with Gasteiger partial charge in [-0.1, -0.05) is 0 Å². The number of nitrogens with one attached hydrogen (secondary N) is 1. The highest BCUT2D eigenvalue weighted by Gasteiger charge is 2.05. The molecule has 0 aliphatic carbocycles. The topological polar surface area (TPSA) is 76.4 Å². The zero-order valence-electron chi connectivity index (χ0n) is 7.74. The van der Waals surface area contributed by atoms with Crippen LogP contribution in [-0.2, 0) is 0 Å². The zero-order valence-corrected chi connectivity index (χ0v) is 8.56. The fourth-order valence-corrected chi connectivity index (χ4v) is 1.85. The Bertz CT molecular complexity index is 305. The van der Waals surface area contributed by atoms with Crippen molar-refractivity contribution in [3.05, 3.63) is 21.9 Å². The third-order valence-corrected chi connectivity index (χ3v) is 2.82.